The van der Waals surface area contributed by atoms with Crippen LogP contribution in [0.25, 0.3) is 0 Å². The monoisotopic (exact) mass is 606 g/mol. The molecule has 0 bridgehead atoms. The molecule has 3 aromatic carbocycles. The van der Waals surface area contributed by atoms with Crippen LogP contribution in [0.5, 0.6) is 0 Å². The number of rotatable bonds is 3. The number of carbonyl (C=O) groups is 3. The standard InChI is InChI=1S/3C11H14O3.Al/c3*1-11(2,3)9-7-5-4-6-8(9)10(12)14-13;/h3*4-7,13H,1-3H3;/q;;;+3/p-3. The van der Waals surface area contributed by atoms with Gasteiger partial charge in [-0.25, -0.2) is 14.4 Å². The fraction of sp³-hybridized carbons (Fsp3) is 0.364. The van der Waals surface area contributed by atoms with Crippen molar-refractivity contribution in [2.45, 2.75) is 78.6 Å². The van der Waals surface area contributed by atoms with Gasteiger partial charge in [0, 0.05) is 0 Å². The SMILES string of the molecule is CC(C)(C)c1ccccc1C(=O)O[O-].CC(C)(C)c1ccccc1C(=O)O[O-].CC(C)(C)c1ccccc1C(=O)O[O-].[Al+3]. The van der Waals surface area contributed by atoms with Crippen molar-refractivity contribution in [3.8, 4) is 0 Å². The number of benzene rings is 3. The third-order valence-electron chi connectivity index (χ3n) is 6.09. The van der Waals surface area contributed by atoms with Crippen molar-refractivity contribution in [1.29, 1.82) is 0 Å². The first-order chi connectivity index (χ1) is 19.4. The van der Waals surface area contributed by atoms with Crippen molar-refractivity contribution in [3.05, 3.63) is 106 Å². The smallest absolute Gasteiger partial charge is 0.661 e. The Morgan fingerprint density at radius 3 is 0.791 bits per heavy atom. The van der Waals surface area contributed by atoms with Crippen LogP contribution >= 0.6 is 0 Å². The number of hydrogen-bond acceptors (Lipinski definition) is 9. The second kappa shape index (κ2) is 16.9. The molecule has 0 N–H and O–H groups in total. The van der Waals surface area contributed by atoms with Gasteiger partial charge in [-0.3, -0.25) is 0 Å². The summed E-state index contributed by atoms with van der Waals surface area (Å²) in [6.07, 6.45) is 0. The van der Waals surface area contributed by atoms with Crippen molar-refractivity contribution in [2.24, 2.45) is 0 Å². The molecule has 10 heteroatoms. The molecule has 0 spiro atoms. The van der Waals surface area contributed by atoms with E-state index >= 15 is 0 Å². The van der Waals surface area contributed by atoms with Gasteiger partial charge < -0.3 is 30.4 Å². The van der Waals surface area contributed by atoms with Crippen molar-refractivity contribution < 1.29 is 44.8 Å². The van der Waals surface area contributed by atoms with E-state index in [2.05, 4.69) is 14.7 Å². The largest absolute Gasteiger partial charge is 3.00 e. The first-order valence-electron chi connectivity index (χ1n) is 13.2. The zero-order valence-corrected chi connectivity index (χ0v) is 27.3. The summed E-state index contributed by atoms with van der Waals surface area (Å²) in [6.45, 7) is 17.8. The van der Waals surface area contributed by atoms with Gasteiger partial charge in [0.2, 0.25) is 0 Å². The molecule has 43 heavy (non-hydrogen) atoms. The van der Waals surface area contributed by atoms with Crippen LogP contribution in [-0.2, 0) is 30.9 Å². The molecule has 0 aromatic heterocycles. The Morgan fingerprint density at radius 1 is 0.442 bits per heavy atom. The van der Waals surface area contributed by atoms with E-state index in [-0.39, 0.29) is 33.6 Å². The maximum atomic E-state index is 11.1. The van der Waals surface area contributed by atoms with E-state index in [0.29, 0.717) is 16.7 Å². The van der Waals surface area contributed by atoms with Crippen LogP contribution in [0.1, 0.15) is 110 Å². The molecule has 3 aromatic rings. The minimum Gasteiger partial charge on any atom is -0.661 e. The summed E-state index contributed by atoms with van der Waals surface area (Å²) < 4.78 is 0. The molecule has 3 rings (SSSR count). The first-order valence-corrected chi connectivity index (χ1v) is 13.2. The average Bonchev–Trinajstić information content (AvgIpc) is 2.95. The third kappa shape index (κ3) is 11.9. The number of hydrogen-bond donors (Lipinski definition) is 0. The van der Waals surface area contributed by atoms with E-state index in [0.717, 1.165) is 16.7 Å². The third-order valence-corrected chi connectivity index (χ3v) is 6.09. The van der Waals surface area contributed by atoms with Gasteiger partial charge in [-0.2, -0.15) is 0 Å². The summed E-state index contributed by atoms with van der Waals surface area (Å²) in [7, 11) is 0. The van der Waals surface area contributed by atoms with Gasteiger partial charge in [0.15, 0.2) is 0 Å². The summed E-state index contributed by atoms with van der Waals surface area (Å²) in [5.74, 6) is -2.47. The van der Waals surface area contributed by atoms with Gasteiger partial charge in [-0.1, -0.05) is 117 Å². The Morgan fingerprint density at radius 2 is 0.628 bits per heavy atom. The van der Waals surface area contributed by atoms with Crippen molar-refractivity contribution in [3.63, 3.8) is 0 Å². The van der Waals surface area contributed by atoms with Crippen LogP contribution in [0.4, 0.5) is 0 Å². The number of carbonyl (C=O) groups excluding carboxylic acids is 3. The second-order valence-corrected chi connectivity index (χ2v) is 12.5. The van der Waals surface area contributed by atoms with E-state index in [1.807, 2.05) is 98.7 Å². The summed E-state index contributed by atoms with van der Waals surface area (Å²) >= 11 is 0. The molecule has 0 amide bonds. The van der Waals surface area contributed by atoms with Crippen LogP contribution in [0.2, 0.25) is 0 Å². The molecule has 0 aliphatic heterocycles. The van der Waals surface area contributed by atoms with E-state index in [1.54, 1.807) is 36.4 Å². The molecule has 0 fully saturated rings. The summed E-state index contributed by atoms with van der Waals surface area (Å²) in [5, 5.41) is 30.2. The van der Waals surface area contributed by atoms with Gasteiger partial charge in [0.25, 0.3) is 0 Å². The summed E-state index contributed by atoms with van der Waals surface area (Å²) in [6, 6.07) is 20.9. The molecule has 9 nitrogen and oxygen atoms in total. The molecule has 0 saturated carbocycles. The van der Waals surface area contributed by atoms with Crippen LogP contribution in [0.15, 0.2) is 72.8 Å². The molecule has 0 radical (unpaired) electrons. The van der Waals surface area contributed by atoms with E-state index in [1.165, 1.54) is 0 Å². The molecular weight excluding hydrogens is 567 g/mol. The Kier molecular flexibility index (Phi) is 15.6. The normalized spacial score (nSPS) is 10.9. The molecule has 228 valence electrons. The fourth-order valence-corrected chi connectivity index (χ4v) is 4.08. The maximum Gasteiger partial charge on any atom is 3.00 e. The predicted octanol–water partition coefficient (Wildman–Crippen LogP) is 3.87. The Hall–Kier alpha value is -3.52. The minimum absolute atomic E-state index is 0. The van der Waals surface area contributed by atoms with Crippen LogP contribution < -0.4 is 15.8 Å². The van der Waals surface area contributed by atoms with E-state index in [9.17, 15) is 30.2 Å². The topological polar surface area (TPSA) is 148 Å². The van der Waals surface area contributed by atoms with E-state index < -0.39 is 17.9 Å². The second-order valence-electron chi connectivity index (χ2n) is 12.5. The Balaban J connectivity index is 0.000000608. The van der Waals surface area contributed by atoms with Gasteiger partial charge in [0.1, 0.15) is 0 Å². The quantitative estimate of drug-likeness (QED) is 0.246. The molecule has 0 aliphatic rings. The Bertz CT molecular complexity index is 1180. The van der Waals surface area contributed by atoms with Crippen molar-refractivity contribution in [2.75, 3.05) is 0 Å². The van der Waals surface area contributed by atoms with Crippen LogP contribution in [-0.4, -0.2) is 35.3 Å². The van der Waals surface area contributed by atoms with Gasteiger partial charge in [0.05, 0.1) is 16.7 Å². The zero-order valence-electron chi connectivity index (χ0n) is 26.2. The Labute approximate surface area is 264 Å². The molecule has 0 aliphatic carbocycles. The zero-order chi connectivity index (χ0) is 32.3. The average molecular weight is 607 g/mol. The van der Waals surface area contributed by atoms with Crippen molar-refractivity contribution in [1.82, 2.24) is 0 Å². The maximum absolute atomic E-state index is 11.1. The van der Waals surface area contributed by atoms with Gasteiger partial charge in [-0.05, 0) is 51.1 Å². The molecule has 0 saturated heterocycles. The van der Waals surface area contributed by atoms with Crippen molar-refractivity contribution >= 4 is 35.3 Å². The fourth-order valence-electron chi connectivity index (χ4n) is 4.08. The van der Waals surface area contributed by atoms with Gasteiger partial charge >= 0.3 is 35.3 Å². The minimum atomic E-state index is -0.824. The summed E-state index contributed by atoms with van der Waals surface area (Å²) in [4.78, 5) is 43.9. The predicted molar refractivity (Wildman–Crippen MR) is 157 cm³/mol. The van der Waals surface area contributed by atoms with Crippen LogP contribution in [0, 0.1) is 0 Å². The molecular formula is C33H39AlO9. The molecule has 0 heterocycles. The van der Waals surface area contributed by atoms with Gasteiger partial charge in [-0.15, -0.1) is 0 Å². The van der Waals surface area contributed by atoms with E-state index in [4.69, 9.17) is 0 Å². The molecule has 0 unspecified atom stereocenters. The summed E-state index contributed by atoms with van der Waals surface area (Å²) in [5.41, 5.74) is 2.96. The first kappa shape index (κ1) is 39.5. The molecule has 0 atom stereocenters. The van der Waals surface area contributed by atoms with Crippen LogP contribution in [0.3, 0.4) is 0 Å².